The molecule has 0 saturated heterocycles. The minimum Gasteiger partial charge on any atom is -0.478 e. The maximum atomic E-state index is 11.9. The van der Waals surface area contributed by atoms with Crippen LogP contribution in [0.25, 0.3) is 0 Å². The Labute approximate surface area is 113 Å². The van der Waals surface area contributed by atoms with Crippen LogP contribution in [0.2, 0.25) is 5.02 Å². The van der Waals surface area contributed by atoms with Gasteiger partial charge in [-0.2, -0.15) is 0 Å². The van der Waals surface area contributed by atoms with E-state index < -0.39 is 5.91 Å². The molecule has 0 aliphatic heterocycles. The standard InChI is InChI=1S/C11H10ClN3O2S/c1-2-17-8-4-3-7(12)9(14-8)10(16)15-11-13-5-6-18-11/h3-6H,2H2,1H3,(H,13,15,16). The van der Waals surface area contributed by atoms with E-state index in [9.17, 15) is 4.79 Å². The second kappa shape index (κ2) is 5.79. The molecule has 0 unspecified atom stereocenters. The van der Waals surface area contributed by atoms with Gasteiger partial charge in [0.05, 0.1) is 11.6 Å². The van der Waals surface area contributed by atoms with Crippen molar-refractivity contribution in [2.24, 2.45) is 0 Å². The van der Waals surface area contributed by atoms with E-state index in [1.54, 1.807) is 23.7 Å². The van der Waals surface area contributed by atoms with Crippen LogP contribution in [0.15, 0.2) is 23.7 Å². The fourth-order valence-electron chi connectivity index (χ4n) is 1.25. The number of ether oxygens (including phenoxy) is 1. The minimum absolute atomic E-state index is 0.123. The van der Waals surface area contributed by atoms with Crippen LogP contribution in [0.1, 0.15) is 17.4 Å². The molecule has 0 aromatic carbocycles. The average Bonchev–Trinajstić information content (AvgIpc) is 2.84. The summed E-state index contributed by atoms with van der Waals surface area (Å²) in [6.07, 6.45) is 1.60. The number of halogens is 1. The largest absolute Gasteiger partial charge is 0.478 e. The smallest absolute Gasteiger partial charge is 0.277 e. The fraction of sp³-hybridized carbons (Fsp3) is 0.182. The highest BCUT2D eigenvalue weighted by Gasteiger charge is 2.14. The van der Waals surface area contributed by atoms with Crippen molar-refractivity contribution in [1.29, 1.82) is 0 Å². The maximum Gasteiger partial charge on any atom is 0.277 e. The van der Waals surface area contributed by atoms with Gasteiger partial charge in [0, 0.05) is 17.6 Å². The van der Waals surface area contributed by atoms with Gasteiger partial charge in [-0.15, -0.1) is 11.3 Å². The van der Waals surface area contributed by atoms with Gasteiger partial charge < -0.3 is 4.74 Å². The van der Waals surface area contributed by atoms with Crippen LogP contribution in [0.3, 0.4) is 0 Å². The molecule has 18 heavy (non-hydrogen) atoms. The van der Waals surface area contributed by atoms with Gasteiger partial charge in [-0.1, -0.05) is 11.6 Å². The van der Waals surface area contributed by atoms with Crippen LogP contribution in [0, 0.1) is 0 Å². The van der Waals surface area contributed by atoms with Gasteiger partial charge in [0.1, 0.15) is 0 Å². The zero-order valence-corrected chi connectivity index (χ0v) is 11.1. The quantitative estimate of drug-likeness (QED) is 0.937. The van der Waals surface area contributed by atoms with E-state index in [-0.39, 0.29) is 10.7 Å². The van der Waals surface area contributed by atoms with Crippen molar-refractivity contribution in [3.8, 4) is 5.88 Å². The first kappa shape index (κ1) is 12.8. The Morgan fingerprint density at radius 1 is 1.56 bits per heavy atom. The van der Waals surface area contributed by atoms with Gasteiger partial charge in [-0.05, 0) is 13.0 Å². The van der Waals surface area contributed by atoms with Crippen molar-refractivity contribution in [3.05, 3.63) is 34.4 Å². The van der Waals surface area contributed by atoms with Gasteiger partial charge in [0.25, 0.3) is 5.91 Å². The van der Waals surface area contributed by atoms with E-state index in [4.69, 9.17) is 16.3 Å². The number of hydrogen-bond donors (Lipinski definition) is 1. The molecule has 0 radical (unpaired) electrons. The van der Waals surface area contributed by atoms with E-state index in [2.05, 4.69) is 15.3 Å². The van der Waals surface area contributed by atoms with Gasteiger partial charge >= 0.3 is 0 Å². The Kier molecular flexibility index (Phi) is 4.11. The Bertz CT molecular complexity index is 545. The van der Waals surface area contributed by atoms with Gasteiger partial charge in [0.2, 0.25) is 5.88 Å². The summed E-state index contributed by atoms with van der Waals surface area (Å²) in [6.45, 7) is 2.31. The van der Waals surface area contributed by atoms with Crippen LogP contribution in [0.4, 0.5) is 5.13 Å². The van der Waals surface area contributed by atoms with Crippen LogP contribution >= 0.6 is 22.9 Å². The maximum absolute atomic E-state index is 11.9. The lowest BCUT2D eigenvalue weighted by atomic mass is 10.3. The molecule has 0 bridgehead atoms. The Morgan fingerprint density at radius 3 is 3.06 bits per heavy atom. The van der Waals surface area contributed by atoms with Crippen molar-refractivity contribution < 1.29 is 9.53 Å². The van der Waals surface area contributed by atoms with Crippen molar-refractivity contribution in [2.75, 3.05) is 11.9 Å². The van der Waals surface area contributed by atoms with E-state index in [0.717, 1.165) is 0 Å². The molecule has 2 aromatic rings. The summed E-state index contributed by atoms with van der Waals surface area (Å²) in [5.41, 5.74) is 0.123. The molecule has 1 amide bonds. The van der Waals surface area contributed by atoms with Crippen molar-refractivity contribution in [2.45, 2.75) is 6.92 Å². The first-order valence-electron chi connectivity index (χ1n) is 5.21. The number of hydrogen-bond acceptors (Lipinski definition) is 5. The summed E-state index contributed by atoms with van der Waals surface area (Å²) in [4.78, 5) is 20.0. The summed E-state index contributed by atoms with van der Waals surface area (Å²) < 4.78 is 5.22. The van der Waals surface area contributed by atoms with Crippen LogP contribution in [-0.4, -0.2) is 22.5 Å². The molecule has 7 heteroatoms. The molecule has 0 atom stereocenters. The van der Waals surface area contributed by atoms with Crippen LogP contribution in [0.5, 0.6) is 5.88 Å². The number of aromatic nitrogens is 2. The second-order valence-corrected chi connectivity index (χ2v) is 4.51. The summed E-state index contributed by atoms with van der Waals surface area (Å²) in [6, 6.07) is 3.20. The molecule has 2 aromatic heterocycles. The van der Waals surface area contributed by atoms with Crippen molar-refractivity contribution >= 4 is 34.0 Å². The first-order valence-corrected chi connectivity index (χ1v) is 6.46. The zero-order chi connectivity index (χ0) is 13.0. The lowest BCUT2D eigenvalue weighted by molar-refractivity contribution is 0.102. The monoisotopic (exact) mass is 283 g/mol. The van der Waals surface area contributed by atoms with Crippen LogP contribution in [-0.2, 0) is 0 Å². The van der Waals surface area contributed by atoms with E-state index in [0.29, 0.717) is 17.6 Å². The molecule has 5 nitrogen and oxygen atoms in total. The number of carbonyl (C=O) groups excluding carboxylic acids is 1. The fourth-order valence-corrected chi connectivity index (χ4v) is 1.97. The third-order valence-corrected chi connectivity index (χ3v) is 2.97. The van der Waals surface area contributed by atoms with Gasteiger partial charge in [-0.3, -0.25) is 10.1 Å². The van der Waals surface area contributed by atoms with Gasteiger partial charge in [-0.25, -0.2) is 9.97 Å². The zero-order valence-electron chi connectivity index (χ0n) is 9.51. The minimum atomic E-state index is -0.406. The third kappa shape index (κ3) is 2.96. The summed E-state index contributed by atoms with van der Waals surface area (Å²) in [5.74, 6) is -0.0392. The number of rotatable bonds is 4. The molecule has 0 saturated carbocycles. The molecule has 0 aliphatic carbocycles. The Morgan fingerprint density at radius 2 is 2.39 bits per heavy atom. The molecule has 94 valence electrons. The van der Waals surface area contributed by atoms with Gasteiger partial charge in [0.15, 0.2) is 10.8 Å². The van der Waals surface area contributed by atoms with E-state index >= 15 is 0 Å². The average molecular weight is 284 g/mol. The number of thiazole rings is 1. The number of nitrogens with zero attached hydrogens (tertiary/aromatic N) is 2. The molecule has 1 N–H and O–H groups in total. The lowest BCUT2D eigenvalue weighted by Crippen LogP contribution is -2.14. The Balaban J connectivity index is 2.20. The highest BCUT2D eigenvalue weighted by molar-refractivity contribution is 7.13. The number of amides is 1. The summed E-state index contributed by atoms with van der Waals surface area (Å²) >= 11 is 7.26. The topological polar surface area (TPSA) is 64.1 Å². The highest BCUT2D eigenvalue weighted by atomic mass is 35.5. The molecule has 0 spiro atoms. The van der Waals surface area contributed by atoms with Crippen molar-refractivity contribution in [1.82, 2.24) is 9.97 Å². The summed E-state index contributed by atoms with van der Waals surface area (Å²) in [5, 5.41) is 5.15. The molecule has 2 heterocycles. The van der Waals surface area contributed by atoms with Crippen molar-refractivity contribution in [3.63, 3.8) is 0 Å². The SMILES string of the molecule is CCOc1ccc(Cl)c(C(=O)Nc2nccs2)n1. The second-order valence-electron chi connectivity index (χ2n) is 3.20. The highest BCUT2D eigenvalue weighted by Crippen LogP contribution is 2.20. The van der Waals surface area contributed by atoms with E-state index in [1.807, 2.05) is 6.92 Å². The first-order chi connectivity index (χ1) is 8.70. The summed E-state index contributed by atoms with van der Waals surface area (Å²) in [7, 11) is 0. The third-order valence-electron chi connectivity index (χ3n) is 1.98. The number of pyridine rings is 1. The molecule has 2 rings (SSSR count). The molecule has 0 fully saturated rings. The molecular weight excluding hydrogens is 274 g/mol. The molecule has 0 aliphatic rings. The van der Waals surface area contributed by atoms with E-state index in [1.165, 1.54) is 11.3 Å². The number of carbonyl (C=O) groups is 1. The normalized spacial score (nSPS) is 10.1. The predicted molar refractivity (Wildman–Crippen MR) is 70.5 cm³/mol. The molecular formula is C11H10ClN3O2S. The Hall–Kier alpha value is -1.66. The number of nitrogens with one attached hydrogen (secondary N) is 1. The number of anilines is 1. The predicted octanol–water partition coefficient (Wildman–Crippen LogP) is 2.84. The van der Waals surface area contributed by atoms with Crippen LogP contribution < -0.4 is 10.1 Å². The lowest BCUT2D eigenvalue weighted by Gasteiger charge is -2.06.